The average molecular weight is 244 g/mol. The Kier molecular flexibility index (Phi) is 4.25. The Bertz CT molecular complexity index is 412. The van der Waals surface area contributed by atoms with Gasteiger partial charge in [-0.25, -0.2) is 0 Å². The molecule has 1 amide bonds. The lowest BCUT2D eigenvalue weighted by Gasteiger charge is -2.06. The molecule has 0 saturated heterocycles. The molecular formula is C11H11F3N2O. The smallest absolute Gasteiger partial charge is 0.347 e. The monoisotopic (exact) mass is 244 g/mol. The number of halogens is 3. The van der Waals surface area contributed by atoms with Gasteiger partial charge in [0.2, 0.25) is 5.91 Å². The van der Waals surface area contributed by atoms with Crippen LogP contribution in [0, 0.1) is 0 Å². The maximum absolute atomic E-state index is 12.1. The molecule has 1 N–H and O–H groups in total. The van der Waals surface area contributed by atoms with Crippen LogP contribution in [0.25, 0.3) is 0 Å². The molecule has 1 rings (SSSR count). The molecule has 1 aromatic rings. The van der Waals surface area contributed by atoms with Crippen molar-refractivity contribution >= 4 is 5.91 Å². The van der Waals surface area contributed by atoms with E-state index in [9.17, 15) is 18.0 Å². The second kappa shape index (κ2) is 5.47. The number of hydrogen-bond donors (Lipinski definition) is 1. The van der Waals surface area contributed by atoms with Crippen LogP contribution in [0.5, 0.6) is 0 Å². The van der Waals surface area contributed by atoms with Crippen LogP contribution >= 0.6 is 0 Å². The van der Waals surface area contributed by atoms with Gasteiger partial charge in [-0.15, -0.1) is 0 Å². The minimum Gasteiger partial charge on any atom is -0.347 e. The topological polar surface area (TPSA) is 42.0 Å². The van der Waals surface area contributed by atoms with Crippen LogP contribution in [0.15, 0.2) is 36.0 Å². The number of alkyl halides is 3. The van der Waals surface area contributed by atoms with Gasteiger partial charge in [-0.2, -0.15) is 13.2 Å². The van der Waals surface area contributed by atoms with Crippen LogP contribution in [-0.2, 0) is 11.3 Å². The fourth-order valence-electron chi connectivity index (χ4n) is 1.01. The number of aromatic nitrogens is 1. The quantitative estimate of drug-likeness (QED) is 0.828. The zero-order valence-electron chi connectivity index (χ0n) is 9.08. The number of carbonyl (C=O) groups is 1. The van der Waals surface area contributed by atoms with Crippen molar-refractivity contribution in [3.05, 3.63) is 41.7 Å². The third-order valence-electron chi connectivity index (χ3n) is 1.96. The lowest BCUT2D eigenvalue weighted by molar-refractivity contribution is -0.118. The largest absolute Gasteiger partial charge is 0.412 e. The number of nitrogens with zero attached hydrogens (tertiary/aromatic N) is 1. The summed E-state index contributed by atoms with van der Waals surface area (Å²) in [4.78, 5) is 15.1. The molecular weight excluding hydrogens is 233 g/mol. The summed E-state index contributed by atoms with van der Waals surface area (Å²) < 4.78 is 36.3. The van der Waals surface area contributed by atoms with E-state index in [1.807, 2.05) is 0 Å². The highest BCUT2D eigenvalue weighted by Gasteiger charge is 2.30. The van der Waals surface area contributed by atoms with Crippen LogP contribution in [0.1, 0.15) is 12.6 Å². The molecule has 92 valence electrons. The van der Waals surface area contributed by atoms with Gasteiger partial charge in [-0.05, 0) is 19.1 Å². The maximum Gasteiger partial charge on any atom is 0.412 e. The Labute approximate surface area is 96.4 Å². The molecule has 1 heterocycles. The number of amides is 1. The van der Waals surface area contributed by atoms with Crippen molar-refractivity contribution in [3.8, 4) is 0 Å². The Hall–Kier alpha value is -1.85. The first kappa shape index (κ1) is 13.2. The number of rotatable bonds is 3. The number of hydrogen-bond acceptors (Lipinski definition) is 2. The molecule has 0 aliphatic heterocycles. The second-order valence-corrected chi connectivity index (χ2v) is 3.36. The number of carbonyl (C=O) groups excluding carboxylic acids is 1. The van der Waals surface area contributed by atoms with Crippen LogP contribution in [-0.4, -0.2) is 17.1 Å². The van der Waals surface area contributed by atoms with Gasteiger partial charge in [-0.1, -0.05) is 6.07 Å². The lowest BCUT2D eigenvalue weighted by Crippen LogP contribution is -2.23. The Balaban J connectivity index is 2.52. The third kappa shape index (κ3) is 4.67. The minimum absolute atomic E-state index is 0.0985. The summed E-state index contributed by atoms with van der Waals surface area (Å²) in [6.07, 6.45) is -2.40. The SMILES string of the molecule is CC(=CC(=O)NCc1ccccn1)C(F)(F)F. The fourth-order valence-corrected chi connectivity index (χ4v) is 1.01. The van der Waals surface area contributed by atoms with E-state index in [2.05, 4.69) is 10.3 Å². The second-order valence-electron chi connectivity index (χ2n) is 3.36. The fraction of sp³-hybridized carbons (Fsp3) is 0.273. The zero-order chi connectivity index (χ0) is 12.9. The highest BCUT2D eigenvalue weighted by atomic mass is 19.4. The van der Waals surface area contributed by atoms with Crippen LogP contribution in [0.4, 0.5) is 13.2 Å². The van der Waals surface area contributed by atoms with E-state index in [-0.39, 0.29) is 6.54 Å². The van der Waals surface area contributed by atoms with E-state index in [1.54, 1.807) is 18.2 Å². The molecule has 0 aliphatic rings. The van der Waals surface area contributed by atoms with Crippen molar-refractivity contribution in [2.24, 2.45) is 0 Å². The first-order chi connectivity index (χ1) is 7.89. The summed E-state index contributed by atoms with van der Waals surface area (Å²) in [5.74, 6) is -0.787. The van der Waals surface area contributed by atoms with Crippen molar-refractivity contribution < 1.29 is 18.0 Å². The first-order valence-corrected chi connectivity index (χ1v) is 4.83. The standard InChI is InChI=1S/C11H11F3N2O/c1-8(11(12,13)14)6-10(17)16-7-9-4-2-3-5-15-9/h2-6H,7H2,1H3,(H,16,17). The van der Waals surface area contributed by atoms with Crippen LogP contribution < -0.4 is 5.32 Å². The summed E-state index contributed by atoms with van der Waals surface area (Å²) >= 11 is 0. The predicted octanol–water partition coefficient (Wildman–Crippen LogP) is 2.21. The zero-order valence-corrected chi connectivity index (χ0v) is 9.08. The summed E-state index contributed by atoms with van der Waals surface area (Å²) in [6, 6.07) is 5.10. The molecule has 0 aliphatic carbocycles. The van der Waals surface area contributed by atoms with Gasteiger partial charge >= 0.3 is 6.18 Å². The van der Waals surface area contributed by atoms with Crippen LogP contribution in [0.2, 0.25) is 0 Å². The van der Waals surface area contributed by atoms with Gasteiger partial charge in [0, 0.05) is 17.8 Å². The Morgan fingerprint density at radius 2 is 2.18 bits per heavy atom. The predicted molar refractivity (Wildman–Crippen MR) is 55.9 cm³/mol. The molecule has 0 atom stereocenters. The summed E-state index contributed by atoms with van der Waals surface area (Å²) in [7, 11) is 0. The van der Waals surface area contributed by atoms with E-state index in [0.717, 1.165) is 6.92 Å². The highest BCUT2D eigenvalue weighted by Crippen LogP contribution is 2.24. The highest BCUT2D eigenvalue weighted by molar-refractivity contribution is 5.88. The Morgan fingerprint density at radius 3 is 2.71 bits per heavy atom. The van der Waals surface area contributed by atoms with Crippen molar-refractivity contribution in [1.82, 2.24) is 10.3 Å². The van der Waals surface area contributed by atoms with Crippen molar-refractivity contribution in [3.63, 3.8) is 0 Å². The number of allylic oxidation sites excluding steroid dienone is 1. The van der Waals surface area contributed by atoms with E-state index in [4.69, 9.17) is 0 Å². The molecule has 1 aromatic heterocycles. The van der Waals surface area contributed by atoms with E-state index in [0.29, 0.717) is 11.8 Å². The van der Waals surface area contributed by atoms with Gasteiger partial charge in [0.25, 0.3) is 0 Å². The first-order valence-electron chi connectivity index (χ1n) is 4.83. The molecule has 0 aromatic carbocycles. The molecule has 0 bridgehead atoms. The summed E-state index contributed by atoms with van der Waals surface area (Å²) in [6.45, 7) is 0.946. The summed E-state index contributed by atoms with van der Waals surface area (Å²) in [5.41, 5.74) is -0.352. The van der Waals surface area contributed by atoms with Gasteiger partial charge in [0.05, 0.1) is 12.2 Å². The lowest BCUT2D eigenvalue weighted by atomic mass is 10.2. The van der Waals surface area contributed by atoms with Gasteiger partial charge in [0.1, 0.15) is 0 Å². The van der Waals surface area contributed by atoms with E-state index in [1.165, 1.54) is 6.20 Å². The molecule has 0 radical (unpaired) electrons. The molecule has 0 unspecified atom stereocenters. The normalized spacial score (nSPS) is 12.4. The molecule has 0 saturated carbocycles. The number of pyridine rings is 1. The minimum atomic E-state index is -4.47. The molecule has 0 spiro atoms. The van der Waals surface area contributed by atoms with Gasteiger partial charge in [0.15, 0.2) is 0 Å². The van der Waals surface area contributed by atoms with Crippen LogP contribution in [0.3, 0.4) is 0 Å². The molecule has 6 heteroatoms. The third-order valence-corrected chi connectivity index (χ3v) is 1.96. The maximum atomic E-state index is 12.1. The number of nitrogens with one attached hydrogen (secondary N) is 1. The van der Waals surface area contributed by atoms with Crippen molar-refractivity contribution in [2.75, 3.05) is 0 Å². The molecule has 3 nitrogen and oxygen atoms in total. The van der Waals surface area contributed by atoms with Crippen molar-refractivity contribution in [1.29, 1.82) is 0 Å². The summed E-state index contributed by atoms with van der Waals surface area (Å²) in [5, 5.41) is 2.32. The van der Waals surface area contributed by atoms with Gasteiger partial charge in [-0.3, -0.25) is 9.78 Å². The van der Waals surface area contributed by atoms with E-state index >= 15 is 0 Å². The molecule has 17 heavy (non-hydrogen) atoms. The van der Waals surface area contributed by atoms with E-state index < -0.39 is 17.7 Å². The van der Waals surface area contributed by atoms with Crippen molar-refractivity contribution in [2.45, 2.75) is 19.6 Å². The molecule has 0 fully saturated rings. The average Bonchev–Trinajstić information content (AvgIpc) is 2.26. The Morgan fingerprint density at radius 1 is 1.47 bits per heavy atom. The van der Waals surface area contributed by atoms with Gasteiger partial charge < -0.3 is 5.32 Å².